The van der Waals surface area contributed by atoms with Crippen LogP contribution in [0.5, 0.6) is 5.75 Å². The number of fused-ring (bicyclic) bond motifs is 1. The summed E-state index contributed by atoms with van der Waals surface area (Å²) in [7, 11) is 0. The number of rotatable bonds is 0. The Labute approximate surface area is 87.4 Å². The van der Waals surface area contributed by atoms with E-state index in [-0.39, 0.29) is 11.3 Å². The van der Waals surface area contributed by atoms with Gasteiger partial charge in [-0.05, 0) is 25.0 Å². The van der Waals surface area contributed by atoms with Gasteiger partial charge in [0.2, 0.25) is 5.91 Å². The van der Waals surface area contributed by atoms with E-state index in [2.05, 4.69) is 5.32 Å². The van der Waals surface area contributed by atoms with Crippen LogP contribution in [0.1, 0.15) is 12.8 Å². The molecule has 1 aromatic carbocycles. The number of hydrogen-bond acceptors (Lipinski definition) is 3. The van der Waals surface area contributed by atoms with E-state index in [1.54, 1.807) is 6.07 Å². The maximum absolute atomic E-state index is 11.9. The van der Waals surface area contributed by atoms with Gasteiger partial charge in [0, 0.05) is 0 Å². The number of nitrogens with two attached hydrogens (primary N) is 1. The van der Waals surface area contributed by atoms with Crippen LogP contribution in [0.25, 0.3) is 0 Å². The summed E-state index contributed by atoms with van der Waals surface area (Å²) in [5.41, 5.74) is 6.67. The van der Waals surface area contributed by atoms with Crippen LogP contribution in [0.2, 0.25) is 0 Å². The van der Waals surface area contributed by atoms with Gasteiger partial charge in [-0.3, -0.25) is 4.79 Å². The van der Waals surface area contributed by atoms with Crippen molar-refractivity contribution >= 4 is 17.3 Å². The average molecular weight is 204 g/mol. The summed E-state index contributed by atoms with van der Waals surface area (Å²) in [6.45, 7) is 0.468. The Bertz CT molecular complexity index is 438. The molecule has 0 atom stereocenters. The van der Waals surface area contributed by atoms with Crippen molar-refractivity contribution in [2.24, 2.45) is 5.41 Å². The van der Waals surface area contributed by atoms with Crippen molar-refractivity contribution in [3.63, 3.8) is 0 Å². The minimum Gasteiger partial charge on any atom is -0.490 e. The van der Waals surface area contributed by atoms with Crippen LogP contribution in [0.3, 0.4) is 0 Å². The summed E-state index contributed by atoms with van der Waals surface area (Å²) in [5, 5.41) is 2.85. The van der Waals surface area contributed by atoms with Crippen molar-refractivity contribution in [3.8, 4) is 5.75 Å². The Morgan fingerprint density at radius 2 is 2.20 bits per heavy atom. The van der Waals surface area contributed by atoms with Gasteiger partial charge in [-0.25, -0.2) is 0 Å². The molecule has 1 amide bonds. The second kappa shape index (κ2) is 2.66. The summed E-state index contributed by atoms with van der Waals surface area (Å²) in [4.78, 5) is 11.9. The van der Waals surface area contributed by atoms with Gasteiger partial charge in [0.05, 0.1) is 11.1 Å². The Hall–Kier alpha value is -1.71. The highest BCUT2D eigenvalue weighted by Crippen LogP contribution is 2.49. The molecule has 1 aliphatic carbocycles. The zero-order chi connectivity index (χ0) is 10.5. The van der Waals surface area contributed by atoms with Crippen molar-refractivity contribution < 1.29 is 9.53 Å². The highest BCUT2D eigenvalue weighted by molar-refractivity contribution is 6.01. The first-order valence-corrected chi connectivity index (χ1v) is 5.04. The number of carbonyl (C=O) groups excluding carboxylic acids is 1. The second-order valence-electron chi connectivity index (χ2n) is 4.24. The van der Waals surface area contributed by atoms with Crippen molar-refractivity contribution in [1.82, 2.24) is 0 Å². The molecule has 0 unspecified atom stereocenters. The van der Waals surface area contributed by atoms with Gasteiger partial charge >= 0.3 is 0 Å². The SMILES string of the molecule is Nc1cccc2c1NC(=O)C1(CC1)CO2. The summed E-state index contributed by atoms with van der Waals surface area (Å²) in [5.74, 6) is 0.714. The fraction of sp³-hybridized carbons (Fsp3) is 0.364. The summed E-state index contributed by atoms with van der Waals surface area (Å²) >= 11 is 0. The van der Waals surface area contributed by atoms with Crippen LogP contribution in [0.15, 0.2) is 18.2 Å². The summed E-state index contributed by atoms with van der Waals surface area (Å²) < 4.78 is 5.61. The van der Waals surface area contributed by atoms with Gasteiger partial charge in [0.1, 0.15) is 18.0 Å². The Morgan fingerprint density at radius 3 is 2.93 bits per heavy atom. The molecule has 1 aliphatic heterocycles. The van der Waals surface area contributed by atoms with E-state index in [0.717, 1.165) is 12.8 Å². The van der Waals surface area contributed by atoms with Gasteiger partial charge in [0.15, 0.2) is 0 Å². The Kier molecular flexibility index (Phi) is 1.52. The highest BCUT2D eigenvalue weighted by atomic mass is 16.5. The van der Waals surface area contributed by atoms with Gasteiger partial charge in [-0.15, -0.1) is 0 Å². The van der Waals surface area contributed by atoms with Crippen molar-refractivity contribution in [1.29, 1.82) is 0 Å². The maximum atomic E-state index is 11.9. The second-order valence-corrected chi connectivity index (χ2v) is 4.24. The van der Waals surface area contributed by atoms with Crippen molar-refractivity contribution in [2.45, 2.75) is 12.8 Å². The molecule has 0 saturated heterocycles. The first kappa shape index (κ1) is 8.59. The lowest BCUT2D eigenvalue weighted by molar-refractivity contribution is -0.121. The molecule has 1 saturated carbocycles. The smallest absolute Gasteiger partial charge is 0.234 e. The summed E-state index contributed by atoms with van der Waals surface area (Å²) in [6.07, 6.45) is 1.82. The molecule has 0 bridgehead atoms. The van der Waals surface area contributed by atoms with E-state index >= 15 is 0 Å². The zero-order valence-corrected chi connectivity index (χ0v) is 8.25. The number of para-hydroxylation sites is 1. The number of carbonyl (C=O) groups is 1. The average Bonchev–Trinajstić information content (AvgIpc) is 3.00. The lowest BCUT2D eigenvalue weighted by Gasteiger charge is -2.08. The number of hydrogen-bond donors (Lipinski definition) is 2. The van der Waals surface area contributed by atoms with Gasteiger partial charge in [0.25, 0.3) is 0 Å². The lowest BCUT2D eigenvalue weighted by Crippen LogP contribution is -2.26. The number of benzene rings is 1. The first-order chi connectivity index (χ1) is 7.21. The van der Waals surface area contributed by atoms with E-state index in [4.69, 9.17) is 10.5 Å². The molecule has 78 valence electrons. The Morgan fingerprint density at radius 1 is 1.40 bits per heavy atom. The van der Waals surface area contributed by atoms with E-state index in [9.17, 15) is 4.79 Å². The number of anilines is 2. The lowest BCUT2D eigenvalue weighted by atomic mass is 10.1. The number of amides is 1. The van der Waals surface area contributed by atoms with E-state index in [1.165, 1.54) is 0 Å². The normalized spacial score (nSPS) is 21.2. The predicted molar refractivity (Wildman–Crippen MR) is 56.6 cm³/mol. The maximum Gasteiger partial charge on any atom is 0.234 e. The topological polar surface area (TPSA) is 64.3 Å². The molecule has 1 heterocycles. The molecule has 1 spiro atoms. The van der Waals surface area contributed by atoms with Gasteiger partial charge in [-0.2, -0.15) is 0 Å². The third-order valence-electron chi connectivity index (χ3n) is 3.14. The highest BCUT2D eigenvalue weighted by Gasteiger charge is 2.52. The minimum atomic E-state index is -0.286. The zero-order valence-electron chi connectivity index (χ0n) is 8.25. The molecule has 4 heteroatoms. The number of nitrogen functional groups attached to an aromatic ring is 1. The van der Waals surface area contributed by atoms with Gasteiger partial charge < -0.3 is 15.8 Å². The minimum absolute atomic E-state index is 0.0409. The quantitative estimate of drug-likeness (QED) is 0.627. The molecule has 15 heavy (non-hydrogen) atoms. The van der Waals surface area contributed by atoms with Gasteiger partial charge in [-0.1, -0.05) is 6.07 Å². The van der Waals surface area contributed by atoms with E-state index < -0.39 is 0 Å². The Balaban J connectivity index is 2.04. The molecule has 4 nitrogen and oxygen atoms in total. The number of nitrogens with one attached hydrogen (secondary N) is 1. The third-order valence-corrected chi connectivity index (χ3v) is 3.14. The molecule has 0 aromatic heterocycles. The van der Waals surface area contributed by atoms with Crippen LogP contribution in [-0.4, -0.2) is 12.5 Å². The molecular weight excluding hydrogens is 192 g/mol. The van der Waals surface area contributed by atoms with E-state index in [0.29, 0.717) is 23.7 Å². The third kappa shape index (κ3) is 1.17. The monoisotopic (exact) mass is 204 g/mol. The van der Waals surface area contributed by atoms with Crippen LogP contribution >= 0.6 is 0 Å². The molecule has 3 rings (SSSR count). The first-order valence-electron chi connectivity index (χ1n) is 5.04. The van der Waals surface area contributed by atoms with E-state index in [1.807, 2.05) is 12.1 Å². The molecule has 0 radical (unpaired) electrons. The molecule has 3 N–H and O–H groups in total. The molecule has 1 aromatic rings. The predicted octanol–water partition coefficient (Wildman–Crippen LogP) is 1.38. The van der Waals surface area contributed by atoms with Crippen LogP contribution in [-0.2, 0) is 4.79 Å². The van der Waals surface area contributed by atoms with Crippen molar-refractivity contribution in [2.75, 3.05) is 17.7 Å². The van der Waals surface area contributed by atoms with Crippen molar-refractivity contribution in [3.05, 3.63) is 18.2 Å². The standard InChI is InChI=1S/C11H12N2O2/c12-7-2-1-3-8-9(7)13-10(14)11(4-5-11)6-15-8/h1-3H,4-6,12H2,(H,13,14). The number of ether oxygens (including phenoxy) is 1. The molecule has 1 fully saturated rings. The van der Waals surface area contributed by atoms with Crippen LogP contribution in [0.4, 0.5) is 11.4 Å². The summed E-state index contributed by atoms with van der Waals surface area (Å²) in [6, 6.07) is 5.41. The van der Waals surface area contributed by atoms with Crippen LogP contribution in [0, 0.1) is 5.41 Å². The fourth-order valence-corrected chi connectivity index (χ4v) is 1.85. The largest absolute Gasteiger partial charge is 0.490 e. The molecule has 2 aliphatic rings. The fourth-order valence-electron chi connectivity index (χ4n) is 1.85. The molecular formula is C11H12N2O2. The van der Waals surface area contributed by atoms with Crippen LogP contribution < -0.4 is 15.8 Å².